The van der Waals surface area contributed by atoms with Gasteiger partial charge in [-0.1, -0.05) is 84.4 Å². The molecule has 6 heteroatoms. The summed E-state index contributed by atoms with van der Waals surface area (Å²) in [5.74, 6) is 0.233. The predicted octanol–water partition coefficient (Wildman–Crippen LogP) is 5.95. The van der Waals surface area contributed by atoms with E-state index in [2.05, 4.69) is 28.2 Å². The number of carbonyl (C=O) groups is 2. The van der Waals surface area contributed by atoms with Crippen LogP contribution in [0.15, 0.2) is 83.3 Å². The molecule has 5 nitrogen and oxygen atoms in total. The number of halogens is 1. The molecular weight excluding hydrogens is 516 g/mol. The molecular formula is C30H35BrN2O3. The molecule has 1 N–H and O–H groups in total. The molecule has 3 aromatic rings. The summed E-state index contributed by atoms with van der Waals surface area (Å²) >= 11 is 3.47. The first-order valence-corrected chi connectivity index (χ1v) is 13.3. The Labute approximate surface area is 223 Å². The Balaban J connectivity index is 1.88. The lowest BCUT2D eigenvalue weighted by molar-refractivity contribution is -0.143. The zero-order valence-electron chi connectivity index (χ0n) is 21.2. The number of hydrogen-bond donors (Lipinski definition) is 1. The SMILES string of the molecule is CCc1ccc(OCC(=O)N(Cc2ccc(Br)cc2)[C@H](Cc2ccccc2)C(=O)N[C@H](C)CC)cc1. The maximum atomic E-state index is 13.6. The maximum Gasteiger partial charge on any atom is 0.261 e. The number of amides is 2. The number of benzene rings is 3. The Morgan fingerprint density at radius 3 is 2.14 bits per heavy atom. The topological polar surface area (TPSA) is 58.6 Å². The fourth-order valence-corrected chi connectivity index (χ4v) is 4.10. The van der Waals surface area contributed by atoms with Crippen molar-refractivity contribution in [2.45, 2.75) is 58.7 Å². The van der Waals surface area contributed by atoms with Crippen molar-refractivity contribution in [3.05, 3.63) is 100 Å². The van der Waals surface area contributed by atoms with Crippen LogP contribution < -0.4 is 10.1 Å². The van der Waals surface area contributed by atoms with Crippen molar-refractivity contribution in [2.24, 2.45) is 0 Å². The number of nitrogens with zero attached hydrogens (tertiary/aromatic N) is 1. The van der Waals surface area contributed by atoms with Crippen LogP contribution in [-0.2, 0) is 29.0 Å². The summed E-state index contributed by atoms with van der Waals surface area (Å²) in [5, 5.41) is 3.09. The van der Waals surface area contributed by atoms with Gasteiger partial charge in [0.25, 0.3) is 5.91 Å². The van der Waals surface area contributed by atoms with Gasteiger partial charge in [0.1, 0.15) is 11.8 Å². The monoisotopic (exact) mass is 550 g/mol. The second-order valence-corrected chi connectivity index (χ2v) is 9.87. The van der Waals surface area contributed by atoms with Gasteiger partial charge >= 0.3 is 0 Å². The zero-order valence-corrected chi connectivity index (χ0v) is 22.8. The minimum Gasteiger partial charge on any atom is -0.484 e. The van der Waals surface area contributed by atoms with Crippen molar-refractivity contribution >= 4 is 27.7 Å². The third-order valence-corrected chi connectivity index (χ3v) is 6.76. The molecule has 2 atom stereocenters. The standard InChI is InChI=1S/C30H35BrN2O3/c1-4-22(3)32-30(35)28(19-24-9-7-6-8-10-24)33(20-25-11-15-26(31)16-12-25)29(34)21-36-27-17-13-23(5-2)14-18-27/h6-18,22,28H,4-5,19-21H2,1-3H3,(H,32,35)/t22-,28-/m1/s1. The predicted molar refractivity (Wildman–Crippen MR) is 148 cm³/mol. The van der Waals surface area contributed by atoms with E-state index in [-0.39, 0.29) is 24.5 Å². The van der Waals surface area contributed by atoms with E-state index in [0.29, 0.717) is 18.7 Å². The Morgan fingerprint density at radius 1 is 0.889 bits per heavy atom. The van der Waals surface area contributed by atoms with Crippen LogP contribution in [0.1, 0.15) is 43.9 Å². The fraction of sp³-hybridized carbons (Fsp3) is 0.333. The second-order valence-electron chi connectivity index (χ2n) is 8.96. The molecule has 0 spiro atoms. The molecule has 2 amide bonds. The summed E-state index contributed by atoms with van der Waals surface area (Å²) in [6, 6.07) is 24.7. The summed E-state index contributed by atoms with van der Waals surface area (Å²) in [6.45, 7) is 6.25. The van der Waals surface area contributed by atoms with Crippen LogP contribution in [0.2, 0.25) is 0 Å². The van der Waals surface area contributed by atoms with Crippen LogP contribution in [0.5, 0.6) is 5.75 Å². The molecule has 0 aliphatic carbocycles. The summed E-state index contributed by atoms with van der Waals surface area (Å²) < 4.78 is 6.81. The maximum absolute atomic E-state index is 13.6. The summed E-state index contributed by atoms with van der Waals surface area (Å²) in [5.41, 5.74) is 3.13. The van der Waals surface area contributed by atoms with Crippen LogP contribution in [0.25, 0.3) is 0 Å². The highest BCUT2D eigenvalue weighted by Crippen LogP contribution is 2.18. The van der Waals surface area contributed by atoms with Crippen molar-refractivity contribution in [3.63, 3.8) is 0 Å². The third-order valence-electron chi connectivity index (χ3n) is 6.23. The van der Waals surface area contributed by atoms with Gasteiger partial charge in [-0.15, -0.1) is 0 Å². The first-order valence-electron chi connectivity index (χ1n) is 12.5. The molecule has 0 aliphatic rings. The van der Waals surface area contributed by atoms with Gasteiger partial charge in [-0.3, -0.25) is 9.59 Å². The minimum atomic E-state index is -0.677. The average molecular weight is 552 g/mol. The molecule has 0 unspecified atom stereocenters. The highest BCUT2D eigenvalue weighted by molar-refractivity contribution is 9.10. The van der Waals surface area contributed by atoms with Crippen molar-refractivity contribution < 1.29 is 14.3 Å². The number of hydrogen-bond acceptors (Lipinski definition) is 3. The smallest absolute Gasteiger partial charge is 0.261 e. The molecule has 3 rings (SSSR count). The zero-order chi connectivity index (χ0) is 25.9. The van der Waals surface area contributed by atoms with Gasteiger partial charge in [-0.2, -0.15) is 0 Å². The van der Waals surface area contributed by atoms with Gasteiger partial charge in [0.15, 0.2) is 6.61 Å². The van der Waals surface area contributed by atoms with Crippen molar-refractivity contribution in [3.8, 4) is 5.75 Å². The molecule has 0 saturated carbocycles. The lowest BCUT2D eigenvalue weighted by Crippen LogP contribution is -2.53. The number of carbonyl (C=O) groups excluding carboxylic acids is 2. The van der Waals surface area contributed by atoms with Gasteiger partial charge in [0, 0.05) is 23.5 Å². The second kappa shape index (κ2) is 13.8. The quantitative estimate of drug-likeness (QED) is 0.303. The van der Waals surface area contributed by atoms with Crippen LogP contribution in [0.3, 0.4) is 0 Å². The number of nitrogens with one attached hydrogen (secondary N) is 1. The van der Waals surface area contributed by atoms with E-state index in [1.807, 2.05) is 92.7 Å². The molecule has 0 bridgehead atoms. The van der Waals surface area contributed by atoms with Crippen LogP contribution in [-0.4, -0.2) is 35.4 Å². The Kier molecular flexibility index (Phi) is 10.6. The normalized spacial score (nSPS) is 12.4. The van der Waals surface area contributed by atoms with Crippen molar-refractivity contribution in [2.75, 3.05) is 6.61 Å². The van der Waals surface area contributed by atoms with E-state index < -0.39 is 6.04 Å². The van der Waals surface area contributed by atoms with E-state index in [0.717, 1.165) is 28.4 Å². The Bertz CT molecular complexity index is 1100. The van der Waals surface area contributed by atoms with E-state index in [1.165, 1.54) is 5.56 Å². The van der Waals surface area contributed by atoms with E-state index in [1.54, 1.807) is 4.90 Å². The van der Waals surface area contributed by atoms with Crippen LogP contribution in [0, 0.1) is 0 Å². The largest absolute Gasteiger partial charge is 0.484 e. The molecule has 0 heterocycles. The van der Waals surface area contributed by atoms with Gasteiger partial charge in [-0.25, -0.2) is 0 Å². The number of aryl methyl sites for hydroxylation is 1. The average Bonchev–Trinajstić information content (AvgIpc) is 2.91. The van der Waals surface area contributed by atoms with Gasteiger partial charge in [0.2, 0.25) is 5.91 Å². The first-order chi connectivity index (χ1) is 17.4. The molecule has 0 radical (unpaired) electrons. The van der Waals surface area contributed by atoms with Crippen LogP contribution in [0.4, 0.5) is 0 Å². The molecule has 0 aromatic heterocycles. The number of ether oxygens (including phenoxy) is 1. The summed E-state index contributed by atoms with van der Waals surface area (Å²) in [6.07, 6.45) is 2.16. The van der Waals surface area contributed by atoms with Gasteiger partial charge in [-0.05, 0) is 60.7 Å². The summed E-state index contributed by atoms with van der Waals surface area (Å²) in [4.78, 5) is 28.8. The van der Waals surface area contributed by atoms with E-state index in [4.69, 9.17) is 4.74 Å². The lowest BCUT2D eigenvalue weighted by Gasteiger charge is -2.32. The van der Waals surface area contributed by atoms with Crippen molar-refractivity contribution in [1.82, 2.24) is 10.2 Å². The Hall–Kier alpha value is -3.12. The van der Waals surface area contributed by atoms with Crippen LogP contribution >= 0.6 is 15.9 Å². The van der Waals surface area contributed by atoms with E-state index in [9.17, 15) is 9.59 Å². The Morgan fingerprint density at radius 2 is 1.53 bits per heavy atom. The molecule has 36 heavy (non-hydrogen) atoms. The highest BCUT2D eigenvalue weighted by atomic mass is 79.9. The molecule has 3 aromatic carbocycles. The number of rotatable bonds is 12. The van der Waals surface area contributed by atoms with Gasteiger partial charge < -0.3 is 15.0 Å². The highest BCUT2D eigenvalue weighted by Gasteiger charge is 2.31. The first kappa shape index (κ1) is 27.5. The minimum absolute atomic E-state index is 0.00809. The van der Waals surface area contributed by atoms with E-state index >= 15 is 0 Å². The molecule has 0 fully saturated rings. The summed E-state index contributed by atoms with van der Waals surface area (Å²) in [7, 11) is 0. The molecule has 0 aliphatic heterocycles. The third kappa shape index (κ3) is 8.23. The fourth-order valence-electron chi connectivity index (χ4n) is 3.83. The van der Waals surface area contributed by atoms with Gasteiger partial charge in [0.05, 0.1) is 0 Å². The molecule has 0 saturated heterocycles. The lowest BCUT2D eigenvalue weighted by atomic mass is 10.0. The molecule has 190 valence electrons. The van der Waals surface area contributed by atoms with Crippen molar-refractivity contribution in [1.29, 1.82) is 0 Å².